The Balaban J connectivity index is 1.66. The Labute approximate surface area is 154 Å². The molecule has 0 amide bonds. The predicted molar refractivity (Wildman–Crippen MR) is 105 cm³/mol. The second kappa shape index (κ2) is 7.09. The number of aliphatic hydroxyl groups is 1. The van der Waals surface area contributed by atoms with E-state index in [4.69, 9.17) is 0 Å². The molecule has 0 spiro atoms. The SMILES string of the molecule is CN1c2cccnc2CN(Cc2cn(C)c3ccccc23)CC[C@H]1CO. The molecule has 5 nitrogen and oxygen atoms in total. The second-order valence-electron chi connectivity index (χ2n) is 7.20. The maximum atomic E-state index is 9.84. The summed E-state index contributed by atoms with van der Waals surface area (Å²) in [7, 11) is 4.16. The first-order valence-corrected chi connectivity index (χ1v) is 9.20. The van der Waals surface area contributed by atoms with Crippen LogP contribution in [0.4, 0.5) is 5.69 Å². The third-order valence-electron chi connectivity index (χ3n) is 5.53. The summed E-state index contributed by atoms with van der Waals surface area (Å²) in [6, 6.07) is 12.8. The van der Waals surface area contributed by atoms with Gasteiger partial charge in [0.25, 0.3) is 0 Å². The summed E-state index contributed by atoms with van der Waals surface area (Å²) in [5.41, 5.74) is 4.80. The molecule has 0 unspecified atom stereocenters. The molecular formula is C21H26N4O. The number of pyridine rings is 1. The van der Waals surface area contributed by atoms with Gasteiger partial charge >= 0.3 is 0 Å². The van der Waals surface area contributed by atoms with Gasteiger partial charge in [-0.05, 0) is 30.2 Å². The van der Waals surface area contributed by atoms with E-state index in [9.17, 15) is 5.11 Å². The van der Waals surface area contributed by atoms with Crippen LogP contribution in [0.5, 0.6) is 0 Å². The standard InChI is InChI=1S/C21H26N4O/c1-23-12-16(18-6-3-4-7-20(18)23)13-25-11-9-17(15-26)24(2)21-8-5-10-22-19(21)14-25/h3-8,10,12,17,26H,9,11,13-15H2,1-2H3/t17-/m0/s1. The van der Waals surface area contributed by atoms with Gasteiger partial charge in [0, 0.05) is 57.0 Å². The lowest BCUT2D eigenvalue weighted by Crippen LogP contribution is -2.41. The maximum Gasteiger partial charge on any atom is 0.0776 e. The van der Waals surface area contributed by atoms with Crippen molar-refractivity contribution in [1.29, 1.82) is 0 Å². The van der Waals surface area contributed by atoms with Crippen LogP contribution in [0.25, 0.3) is 10.9 Å². The highest BCUT2D eigenvalue weighted by Gasteiger charge is 2.24. The van der Waals surface area contributed by atoms with Crippen LogP contribution < -0.4 is 4.90 Å². The Morgan fingerprint density at radius 3 is 2.85 bits per heavy atom. The van der Waals surface area contributed by atoms with E-state index in [0.717, 1.165) is 37.4 Å². The largest absolute Gasteiger partial charge is 0.394 e. The summed E-state index contributed by atoms with van der Waals surface area (Å²) in [6.45, 7) is 2.81. The Kier molecular flexibility index (Phi) is 4.66. The number of aryl methyl sites for hydroxylation is 1. The lowest BCUT2D eigenvalue weighted by Gasteiger charge is -2.35. The molecule has 1 aliphatic rings. The molecule has 0 bridgehead atoms. The average molecular weight is 350 g/mol. The zero-order valence-corrected chi connectivity index (χ0v) is 15.5. The summed E-state index contributed by atoms with van der Waals surface area (Å²) in [4.78, 5) is 9.26. The van der Waals surface area contributed by atoms with Crippen molar-refractivity contribution in [2.75, 3.05) is 25.1 Å². The minimum absolute atomic E-state index is 0.119. The normalized spacial score (nSPS) is 18.6. The van der Waals surface area contributed by atoms with E-state index >= 15 is 0 Å². The number of benzene rings is 1. The van der Waals surface area contributed by atoms with E-state index in [2.05, 4.69) is 70.0 Å². The van der Waals surface area contributed by atoms with Gasteiger partial charge in [0.1, 0.15) is 0 Å². The summed E-state index contributed by atoms with van der Waals surface area (Å²) < 4.78 is 2.20. The maximum absolute atomic E-state index is 9.84. The van der Waals surface area contributed by atoms with Crippen molar-refractivity contribution in [2.45, 2.75) is 25.6 Å². The molecular weight excluding hydrogens is 324 g/mol. The van der Waals surface area contributed by atoms with Gasteiger partial charge in [-0.15, -0.1) is 0 Å². The van der Waals surface area contributed by atoms with Crippen LogP contribution in [0.15, 0.2) is 48.8 Å². The van der Waals surface area contributed by atoms with Crippen molar-refractivity contribution in [3.8, 4) is 0 Å². The molecule has 26 heavy (non-hydrogen) atoms. The van der Waals surface area contributed by atoms with Gasteiger partial charge in [0.15, 0.2) is 0 Å². The molecule has 4 rings (SSSR count). The van der Waals surface area contributed by atoms with E-state index in [1.807, 2.05) is 12.3 Å². The fourth-order valence-electron chi connectivity index (χ4n) is 4.03. The third kappa shape index (κ3) is 3.08. The Hall–Kier alpha value is -2.37. The quantitative estimate of drug-likeness (QED) is 0.789. The van der Waals surface area contributed by atoms with E-state index in [1.54, 1.807) is 0 Å². The molecule has 3 heterocycles. The minimum Gasteiger partial charge on any atom is -0.394 e. The number of rotatable bonds is 3. The molecule has 0 saturated heterocycles. The van der Waals surface area contributed by atoms with Crippen molar-refractivity contribution in [1.82, 2.24) is 14.5 Å². The van der Waals surface area contributed by atoms with Crippen LogP contribution in [0.2, 0.25) is 0 Å². The number of hydrogen-bond acceptors (Lipinski definition) is 4. The first-order chi connectivity index (χ1) is 12.7. The fraction of sp³-hybridized carbons (Fsp3) is 0.381. The number of hydrogen-bond donors (Lipinski definition) is 1. The Morgan fingerprint density at radius 1 is 1.15 bits per heavy atom. The number of aromatic nitrogens is 2. The lowest BCUT2D eigenvalue weighted by atomic mass is 10.1. The monoisotopic (exact) mass is 350 g/mol. The Morgan fingerprint density at radius 2 is 2.00 bits per heavy atom. The summed E-state index contributed by atoms with van der Waals surface area (Å²) in [5, 5.41) is 11.2. The number of para-hydroxylation sites is 1. The smallest absolute Gasteiger partial charge is 0.0776 e. The Bertz CT molecular complexity index is 904. The van der Waals surface area contributed by atoms with Gasteiger partial charge in [-0.3, -0.25) is 9.88 Å². The zero-order chi connectivity index (χ0) is 18.1. The zero-order valence-electron chi connectivity index (χ0n) is 15.5. The van der Waals surface area contributed by atoms with Gasteiger partial charge in [-0.25, -0.2) is 0 Å². The molecule has 5 heteroatoms. The van der Waals surface area contributed by atoms with E-state index < -0.39 is 0 Å². The van der Waals surface area contributed by atoms with Crippen LogP contribution in [-0.2, 0) is 20.1 Å². The van der Waals surface area contributed by atoms with Crippen LogP contribution in [-0.4, -0.2) is 45.8 Å². The van der Waals surface area contributed by atoms with Crippen molar-refractivity contribution in [3.63, 3.8) is 0 Å². The molecule has 1 N–H and O–H groups in total. The highest BCUT2D eigenvalue weighted by Crippen LogP contribution is 2.27. The van der Waals surface area contributed by atoms with Gasteiger partial charge < -0.3 is 14.6 Å². The summed E-state index contributed by atoms with van der Waals surface area (Å²) in [6.07, 6.45) is 5.03. The average Bonchev–Trinajstić information content (AvgIpc) is 2.97. The highest BCUT2D eigenvalue weighted by atomic mass is 16.3. The summed E-state index contributed by atoms with van der Waals surface area (Å²) in [5.74, 6) is 0. The third-order valence-corrected chi connectivity index (χ3v) is 5.53. The van der Waals surface area contributed by atoms with Crippen molar-refractivity contribution < 1.29 is 5.11 Å². The molecule has 1 aromatic carbocycles. The molecule has 0 radical (unpaired) electrons. The fourth-order valence-corrected chi connectivity index (χ4v) is 4.03. The predicted octanol–water partition coefficient (Wildman–Crippen LogP) is 2.78. The summed E-state index contributed by atoms with van der Waals surface area (Å²) >= 11 is 0. The molecule has 0 fully saturated rings. The molecule has 136 valence electrons. The van der Waals surface area contributed by atoms with Gasteiger partial charge in [0.2, 0.25) is 0 Å². The van der Waals surface area contributed by atoms with Crippen LogP contribution in [0.1, 0.15) is 17.7 Å². The molecule has 0 saturated carbocycles. The van der Waals surface area contributed by atoms with Crippen molar-refractivity contribution >= 4 is 16.6 Å². The molecule has 1 aliphatic heterocycles. The van der Waals surface area contributed by atoms with E-state index in [0.29, 0.717) is 0 Å². The minimum atomic E-state index is 0.119. The number of fused-ring (bicyclic) bond motifs is 2. The molecule has 2 aromatic heterocycles. The van der Waals surface area contributed by atoms with E-state index in [1.165, 1.54) is 16.5 Å². The van der Waals surface area contributed by atoms with Gasteiger partial charge in [0.05, 0.1) is 24.0 Å². The van der Waals surface area contributed by atoms with E-state index in [-0.39, 0.29) is 12.6 Å². The van der Waals surface area contributed by atoms with Crippen LogP contribution in [0.3, 0.4) is 0 Å². The van der Waals surface area contributed by atoms with Crippen LogP contribution in [0, 0.1) is 0 Å². The number of nitrogens with zero attached hydrogens (tertiary/aromatic N) is 4. The molecule has 1 atom stereocenters. The number of likely N-dealkylation sites (N-methyl/N-ethyl adjacent to an activating group) is 1. The second-order valence-corrected chi connectivity index (χ2v) is 7.20. The highest BCUT2D eigenvalue weighted by molar-refractivity contribution is 5.83. The first kappa shape index (κ1) is 17.1. The molecule has 0 aliphatic carbocycles. The topological polar surface area (TPSA) is 44.5 Å². The van der Waals surface area contributed by atoms with Crippen LogP contribution >= 0.6 is 0 Å². The van der Waals surface area contributed by atoms with Gasteiger partial charge in [-0.1, -0.05) is 18.2 Å². The lowest BCUT2D eigenvalue weighted by molar-refractivity contribution is 0.205. The number of aliphatic hydroxyl groups excluding tert-OH is 1. The molecule has 3 aromatic rings. The van der Waals surface area contributed by atoms with Crippen molar-refractivity contribution in [2.24, 2.45) is 7.05 Å². The first-order valence-electron chi connectivity index (χ1n) is 9.20. The van der Waals surface area contributed by atoms with Gasteiger partial charge in [-0.2, -0.15) is 0 Å². The van der Waals surface area contributed by atoms with Crippen molar-refractivity contribution in [3.05, 3.63) is 60.0 Å². The number of anilines is 1.